The third kappa shape index (κ3) is 2.66. The van der Waals surface area contributed by atoms with Crippen LogP contribution in [0.5, 0.6) is 0 Å². The van der Waals surface area contributed by atoms with E-state index in [2.05, 4.69) is 6.58 Å². The fourth-order valence-corrected chi connectivity index (χ4v) is 1.19. The minimum atomic E-state index is -3.14. The highest BCUT2D eigenvalue weighted by Crippen LogP contribution is 2.29. The highest BCUT2D eigenvalue weighted by molar-refractivity contribution is 5.89. The molecule has 0 heterocycles. The molecule has 0 bridgehead atoms. The largest absolute Gasteiger partial charge is 0.462 e. The van der Waals surface area contributed by atoms with Crippen LogP contribution in [0.3, 0.4) is 0 Å². The SMILES string of the molecule is C=CC(F)(F)c1cccc(C(=O)OCC)c1. The molecule has 1 aromatic rings. The number of hydrogen-bond donors (Lipinski definition) is 0. The zero-order valence-electron chi connectivity index (χ0n) is 8.87. The lowest BCUT2D eigenvalue weighted by Crippen LogP contribution is -2.11. The Morgan fingerprint density at radius 3 is 2.81 bits per heavy atom. The molecule has 0 amide bonds. The second-order valence-electron chi connectivity index (χ2n) is 3.13. The highest BCUT2D eigenvalue weighted by atomic mass is 19.3. The zero-order chi connectivity index (χ0) is 12.2. The number of alkyl halides is 2. The summed E-state index contributed by atoms with van der Waals surface area (Å²) in [6.45, 7) is 4.92. The van der Waals surface area contributed by atoms with Crippen LogP contribution in [-0.4, -0.2) is 12.6 Å². The summed E-state index contributed by atoms with van der Waals surface area (Å²) >= 11 is 0. The van der Waals surface area contributed by atoms with Crippen LogP contribution >= 0.6 is 0 Å². The highest BCUT2D eigenvalue weighted by Gasteiger charge is 2.27. The van der Waals surface area contributed by atoms with E-state index in [1.165, 1.54) is 18.2 Å². The summed E-state index contributed by atoms with van der Waals surface area (Å²) in [4.78, 5) is 11.3. The van der Waals surface area contributed by atoms with Crippen molar-refractivity contribution in [2.45, 2.75) is 12.8 Å². The number of halogens is 2. The van der Waals surface area contributed by atoms with Gasteiger partial charge in [0.2, 0.25) is 0 Å². The number of benzene rings is 1. The molecule has 16 heavy (non-hydrogen) atoms. The smallest absolute Gasteiger partial charge is 0.338 e. The van der Waals surface area contributed by atoms with Crippen LogP contribution in [0.4, 0.5) is 8.78 Å². The molecule has 0 N–H and O–H groups in total. The van der Waals surface area contributed by atoms with Crippen LogP contribution in [0.1, 0.15) is 22.8 Å². The second kappa shape index (κ2) is 4.88. The van der Waals surface area contributed by atoms with Gasteiger partial charge in [-0.3, -0.25) is 0 Å². The molecule has 0 saturated heterocycles. The Morgan fingerprint density at radius 1 is 1.56 bits per heavy atom. The van der Waals surface area contributed by atoms with Gasteiger partial charge in [0.25, 0.3) is 5.92 Å². The first-order valence-electron chi connectivity index (χ1n) is 4.80. The van der Waals surface area contributed by atoms with Crippen molar-refractivity contribution >= 4 is 5.97 Å². The van der Waals surface area contributed by atoms with Crippen molar-refractivity contribution in [3.63, 3.8) is 0 Å². The van der Waals surface area contributed by atoms with E-state index in [4.69, 9.17) is 4.74 Å². The van der Waals surface area contributed by atoms with E-state index in [9.17, 15) is 13.6 Å². The summed E-state index contributed by atoms with van der Waals surface area (Å²) < 4.78 is 31.2. The summed E-state index contributed by atoms with van der Waals surface area (Å²) in [7, 11) is 0. The zero-order valence-corrected chi connectivity index (χ0v) is 8.87. The molecule has 4 heteroatoms. The maximum absolute atomic E-state index is 13.2. The topological polar surface area (TPSA) is 26.3 Å². The van der Waals surface area contributed by atoms with Crippen molar-refractivity contribution in [2.24, 2.45) is 0 Å². The number of allylic oxidation sites excluding steroid dienone is 1. The Balaban J connectivity index is 3.04. The summed E-state index contributed by atoms with van der Waals surface area (Å²) in [5, 5.41) is 0. The standard InChI is InChI=1S/C12H12F2O2/c1-3-12(13,14)10-7-5-6-9(8-10)11(15)16-4-2/h3,5-8H,1,4H2,2H3. The average Bonchev–Trinajstić information content (AvgIpc) is 2.29. The van der Waals surface area contributed by atoms with Crippen LogP contribution in [0, 0.1) is 0 Å². The van der Waals surface area contributed by atoms with Gasteiger partial charge in [-0.15, -0.1) is 0 Å². The molecule has 0 aromatic heterocycles. The van der Waals surface area contributed by atoms with Gasteiger partial charge in [0.1, 0.15) is 0 Å². The minimum absolute atomic E-state index is 0.112. The molecule has 1 rings (SSSR count). The van der Waals surface area contributed by atoms with Gasteiger partial charge >= 0.3 is 5.97 Å². The molecule has 0 saturated carbocycles. The molecular formula is C12H12F2O2. The summed E-state index contributed by atoms with van der Waals surface area (Å²) in [5.74, 6) is -3.74. The van der Waals surface area contributed by atoms with Crippen LogP contribution in [0.2, 0.25) is 0 Å². The van der Waals surface area contributed by atoms with E-state index < -0.39 is 11.9 Å². The summed E-state index contributed by atoms with van der Waals surface area (Å²) in [5.41, 5.74) is -0.158. The van der Waals surface area contributed by atoms with Crippen molar-refractivity contribution < 1.29 is 18.3 Å². The van der Waals surface area contributed by atoms with Gasteiger partial charge < -0.3 is 4.74 Å². The first-order chi connectivity index (χ1) is 7.51. The average molecular weight is 226 g/mol. The van der Waals surface area contributed by atoms with Gasteiger partial charge in [0, 0.05) is 5.56 Å². The van der Waals surface area contributed by atoms with Gasteiger partial charge in [-0.05, 0) is 25.1 Å². The Kier molecular flexibility index (Phi) is 3.77. The predicted octanol–water partition coefficient (Wildman–Crippen LogP) is 3.14. The molecule has 0 aliphatic carbocycles. The Labute approximate surface area is 92.5 Å². The Bertz CT molecular complexity index is 400. The van der Waals surface area contributed by atoms with Crippen LogP contribution in [0.15, 0.2) is 36.9 Å². The molecule has 0 radical (unpaired) electrons. The molecular weight excluding hydrogens is 214 g/mol. The molecule has 0 atom stereocenters. The van der Waals surface area contributed by atoms with E-state index in [1.807, 2.05) is 0 Å². The molecule has 2 nitrogen and oxygen atoms in total. The Morgan fingerprint density at radius 2 is 2.25 bits per heavy atom. The molecule has 0 unspecified atom stereocenters. The van der Waals surface area contributed by atoms with E-state index in [0.717, 1.165) is 6.07 Å². The molecule has 1 aromatic carbocycles. The fourth-order valence-electron chi connectivity index (χ4n) is 1.19. The molecule has 86 valence electrons. The van der Waals surface area contributed by atoms with Crippen molar-refractivity contribution in [1.82, 2.24) is 0 Å². The minimum Gasteiger partial charge on any atom is -0.462 e. The third-order valence-electron chi connectivity index (χ3n) is 2.01. The number of esters is 1. The lowest BCUT2D eigenvalue weighted by atomic mass is 10.1. The van der Waals surface area contributed by atoms with E-state index in [-0.39, 0.29) is 17.7 Å². The van der Waals surface area contributed by atoms with Gasteiger partial charge in [-0.2, -0.15) is 8.78 Å². The number of rotatable bonds is 4. The van der Waals surface area contributed by atoms with E-state index >= 15 is 0 Å². The molecule has 0 fully saturated rings. The number of carbonyl (C=O) groups excluding carboxylic acids is 1. The lowest BCUT2D eigenvalue weighted by Gasteiger charge is -2.12. The van der Waals surface area contributed by atoms with E-state index in [1.54, 1.807) is 6.92 Å². The third-order valence-corrected chi connectivity index (χ3v) is 2.01. The van der Waals surface area contributed by atoms with Crippen LogP contribution in [-0.2, 0) is 10.7 Å². The maximum atomic E-state index is 13.2. The van der Waals surface area contributed by atoms with Crippen LogP contribution < -0.4 is 0 Å². The van der Waals surface area contributed by atoms with Gasteiger partial charge in [-0.1, -0.05) is 18.7 Å². The molecule has 0 aliphatic rings. The monoisotopic (exact) mass is 226 g/mol. The van der Waals surface area contributed by atoms with E-state index in [0.29, 0.717) is 6.08 Å². The van der Waals surface area contributed by atoms with Crippen molar-refractivity contribution in [3.05, 3.63) is 48.0 Å². The molecule has 0 spiro atoms. The summed E-state index contributed by atoms with van der Waals surface area (Å²) in [6, 6.07) is 5.17. The maximum Gasteiger partial charge on any atom is 0.338 e. The van der Waals surface area contributed by atoms with Crippen LogP contribution in [0.25, 0.3) is 0 Å². The molecule has 0 aliphatic heterocycles. The quantitative estimate of drug-likeness (QED) is 0.582. The van der Waals surface area contributed by atoms with Crippen molar-refractivity contribution in [3.8, 4) is 0 Å². The van der Waals surface area contributed by atoms with Crippen molar-refractivity contribution in [1.29, 1.82) is 0 Å². The van der Waals surface area contributed by atoms with Gasteiger partial charge in [0.05, 0.1) is 12.2 Å². The van der Waals surface area contributed by atoms with Gasteiger partial charge in [-0.25, -0.2) is 4.79 Å². The Hall–Kier alpha value is -1.71. The normalized spacial score (nSPS) is 10.9. The first kappa shape index (κ1) is 12.4. The lowest BCUT2D eigenvalue weighted by molar-refractivity contribution is 0.0504. The predicted molar refractivity (Wildman–Crippen MR) is 56.5 cm³/mol. The number of ether oxygens (including phenoxy) is 1. The first-order valence-corrected chi connectivity index (χ1v) is 4.80. The number of hydrogen-bond acceptors (Lipinski definition) is 2. The van der Waals surface area contributed by atoms with Crippen molar-refractivity contribution in [2.75, 3.05) is 6.61 Å². The fraction of sp³-hybridized carbons (Fsp3) is 0.250. The number of carbonyl (C=O) groups is 1. The summed E-state index contributed by atoms with van der Waals surface area (Å²) in [6.07, 6.45) is 0.539. The second-order valence-corrected chi connectivity index (χ2v) is 3.13. The van der Waals surface area contributed by atoms with Gasteiger partial charge in [0.15, 0.2) is 0 Å².